The van der Waals surface area contributed by atoms with Gasteiger partial charge in [0.2, 0.25) is 0 Å². The van der Waals surface area contributed by atoms with Gasteiger partial charge in [-0.05, 0) is 14.0 Å². The van der Waals surface area contributed by atoms with E-state index in [9.17, 15) is 13.2 Å². The smallest absolute Gasteiger partial charge is 0.383 e. The standard InChI is InChI=1S/C8H17F3N2O/c1-7(4-12,6-14-3)13(2)5-8(9,10)11/h4-6,12H2,1-3H3. The van der Waals surface area contributed by atoms with Crippen molar-refractivity contribution in [2.45, 2.75) is 18.6 Å². The summed E-state index contributed by atoms with van der Waals surface area (Å²) >= 11 is 0. The Bertz CT molecular complexity index is 174. The molecule has 0 aliphatic carbocycles. The van der Waals surface area contributed by atoms with Gasteiger partial charge in [0, 0.05) is 13.7 Å². The number of likely N-dealkylation sites (N-methyl/N-ethyl adjacent to an activating group) is 1. The molecule has 0 radical (unpaired) electrons. The van der Waals surface area contributed by atoms with E-state index in [4.69, 9.17) is 10.5 Å². The number of hydrogen-bond acceptors (Lipinski definition) is 3. The van der Waals surface area contributed by atoms with Crippen molar-refractivity contribution in [3.8, 4) is 0 Å². The van der Waals surface area contributed by atoms with Crippen molar-refractivity contribution in [1.82, 2.24) is 4.90 Å². The van der Waals surface area contributed by atoms with Crippen LogP contribution in [0.4, 0.5) is 13.2 Å². The van der Waals surface area contributed by atoms with Crippen molar-refractivity contribution in [3.05, 3.63) is 0 Å². The fourth-order valence-corrected chi connectivity index (χ4v) is 1.10. The predicted molar refractivity (Wildman–Crippen MR) is 48.0 cm³/mol. The first-order chi connectivity index (χ1) is 6.25. The minimum absolute atomic E-state index is 0.118. The zero-order chi connectivity index (χ0) is 11.4. The summed E-state index contributed by atoms with van der Waals surface area (Å²) < 4.78 is 41.1. The number of nitrogens with zero attached hydrogens (tertiary/aromatic N) is 1. The van der Waals surface area contributed by atoms with Gasteiger partial charge in [0.15, 0.2) is 0 Å². The number of ether oxygens (including phenoxy) is 1. The van der Waals surface area contributed by atoms with Gasteiger partial charge in [-0.2, -0.15) is 13.2 Å². The van der Waals surface area contributed by atoms with E-state index < -0.39 is 18.3 Å². The van der Waals surface area contributed by atoms with Crippen LogP contribution in [0.25, 0.3) is 0 Å². The van der Waals surface area contributed by atoms with Crippen LogP contribution in [0.15, 0.2) is 0 Å². The highest BCUT2D eigenvalue weighted by atomic mass is 19.4. The van der Waals surface area contributed by atoms with Gasteiger partial charge < -0.3 is 10.5 Å². The topological polar surface area (TPSA) is 38.5 Å². The Balaban J connectivity index is 4.37. The summed E-state index contributed by atoms with van der Waals surface area (Å²) in [5.74, 6) is 0. The number of hydrogen-bond donors (Lipinski definition) is 1. The fraction of sp³-hybridized carbons (Fsp3) is 1.00. The lowest BCUT2D eigenvalue weighted by molar-refractivity contribution is -0.157. The molecule has 14 heavy (non-hydrogen) atoms. The molecule has 0 aromatic carbocycles. The summed E-state index contributed by atoms with van der Waals surface area (Å²) in [5.41, 5.74) is 4.65. The van der Waals surface area contributed by atoms with Gasteiger partial charge in [-0.3, -0.25) is 4.90 Å². The van der Waals surface area contributed by atoms with E-state index in [0.29, 0.717) is 0 Å². The molecule has 3 nitrogen and oxygen atoms in total. The Labute approximate surface area is 82.0 Å². The lowest BCUT2D eigenvalue weighted by Gasteiger charge is -2.37. The molecule has 0 aliphatic heterocycles. The summed E-state index contributed by atoms with van der Waals surface area (Å²) in [6.45, 7) is 0.954. The molecule has 0 rings (SSSR count). The molecule has 0 bridgehead atoms. The van der Waals surface area contributed by atoms with Crippen LogP contribution in [-0.4, -0.2) is 50.5 Å². The highest BCUT2D eigenvalue weighted by Crippen LogP contribution is 2.21. The molecule has 86 valence electrons. The van der Waals surface area contributed by atoms with Crippen molar-refractivity contribution in [2.24, 2.45) is 5.73 Å². The third-order valence-corrected chi connectivity index (χ3v) is 2.23. The highest BCUT2D eigenvalue weighted by molar-refractivity contribution is 4.86. The van der Waals surface area contributed by atoms with E-state index in [2.05, 4.69) is 0 Å². The third-order valence-electron chi connectivity index (χ3n) is 2.23. The lowest BCUT2D eigenvalue weighted by atomic mass is 10.0. The Morgan fingerprint density at radius 1 is 1.36 bits per heavy atom. The minimum atomic E-state index is -4.21. The van der Waals surface area contributed by atoms with Gasteiger partial charge >= 0.3 is 6.18 Å². The second-order valence-corrected chi connectivity index (χ2v) is 3.61. The van der Waals surface area contributed by atoms with Gasteiger partial charge in [0.1, 0.15) is 0 Å². The van der Waals surface area contributed by atoms with E-state index in [0.717, 1.165) is 4.90 Å². The molecule has 0 saturated carbocycles. The van der Waals surface area contributed by atoms with Crippen LogP contribution in [0.5, 0.6) is 0 Å². The van der Waals surface area contributed by atoms with E-state index in [-0.39, 0.29) is 13.2 Å². The summed E-state index contributed by atoms with van der Waals surface area (Å²) in [7, 11) is 2.83. The molecule has 0 aromatic rings. The molecule has 0 aliphatic rings. The molecule has 1 atom stereocenters. The molecule has 0 amide bonds. The van der Waals surface area contributed by atoms with Crippen molar-refractivity contribution in [3.63, 3.8) is 0 Å². The maximum atomic E-state index is 12.1. The second kappa shape index (κ2) is 4.95. The molecule has 0 fully saturated rings. The first kappa shape index (κ1) is 13.7. The van der Waals surface area contributed by atoms with Crippen LogP contribution in [0.1, 0.15) is 6.92 Å². The van der Waals surface area contributed by atoms with Crippen LogP contribution in [0, 0.1) is 0 Å². The lowest BCUT2D eigenvalue weighted by Crippen LogP contribution is -2.55. The van der Waals surface area contributed by atoms with Crippen molar-refractivity contribution >= 4 is 0 Å². The fourth-order valence-electron chi connectivity index (χ4n) is 1.10. The SMILES string of the molecule is COCC(C)(CN)N(C)CC(F)(F)F. The van der Waals surface area contributed by atoms with Gasteiger partial charge in [-0.1, -0.05) is 0 Å². The Morgan fingerprint density at radius 3 is 2.14 bits per heavy atom. The Hall–Kier alpha value is -0.330. The maximum Gasteiger partial charge on any atom is 0.401 e. The first-order valence-corrected chi connectivity index (χ1v) is 4.22. The van der Waals surface area contributed by atoms with E-state index >= 15 is 0 Å². The number of nitrogens with two attached hydrogens (primary N) is 1. The Morgan fingerprint density at radius 2 is 1.86 bits per heavy atom. The predicted octanol–water partition coefficient (Wildman–Crippen LogP) is 0.844. The number of alkyl halides is 3. The number of methoxy groups -OCH3 is 1. The average molecular weight is 214 g/mol. The highest BCUT2D eigenvalue weighted by Gasteiger charge is 2.37. The van der Waals surface area contributed by atoms with Gasteiger partial charge in [0.25, 0.3) is 0 Å². The van der Waals surface area contributed by atoms with Gasteiger partial charge in [-0.25, -0.2) is 0 Å². The summed E-state index contributed by atoms with van der Waals surface area (Å²) in [5, 5.41) is 0. The molecule has 1 unspecified atom stereocenters. The molecule has 2 N–H and O–H groups in total. The summed E-state index contributed by atoms with van der Waals surface area (Å²) in [6.07, 6.45) is -4.21. The molecule has 0 heterocycles. The number of rotatable bonds is 5. The molecular formula is C8H17F3N2O. The van der Waals surface area contributed by atoms with Crippen molar-refractivity contribution < 1.29 is 17.9 Å². The van der Waals surface area contributed by atoms with Crippen LogP contribution in [-0.2, 0) is 4.74 Å². The molecule has 0 spiro atoms. The Kier molecular flexibility index (Phi) is 4.83. The first-order valence-electron chi connectivity index (χ1n) is 4.22. The van der Waals surface area contributed by atoms with Crippen LogP contribution >= 0.6 is 0 Å². The van der Waals surface area contributed by atoms with E-state index in [1.807, 2.05) is 0 Å². The van der Waals surface area contributed by atoms with Crippen molar-refractivity contribution in [2.75, 3.05) is 33.9 Å². The largest absolute Gasteiger partial charge is 0.401 e. The monoisotopic (exact) mass is 214 g/mol. The van der Waals surface area contributed by atoms with E-state index in [1.165, 1.54) is 14.2 Å². The van der Waals surface area contributed by atoms with Gasteiger partial charge in [0.05, 0.1) is 18.7 Å². The van der Waals surface area contributed by atoms with Crippen LogP contribution in [0.2, 0.25) is 0 Å². The number of halogens is 3. The van der Waals surface area contributed by atoms with Crippen LogP contribution < -0.4 is 5.73 Å². The zero-order valence-corrected chi connectivity index (χ0v) is 8.69. The molecule has 0 saturated heterocycles. The quantitative estimate of drug-likeness (QED) is 0.737. The third kappa shape index (κ3) is 4.26. The van der Waals surface area contributed by atoms with Gasteiger partial charge in [-0.15, -0.1) is 0 Å². The summed E-state index contributed by atoms with van der Waals surface area (Å²) in [4.78, 5) is 1.16. The normalized spacial score (nSPS) is 17.1. The van der Waals surface area contributed by atoms with Crippen molar-refractivity contribution in [1.29, 1.82) is 0 Å². The molecular weight excluding hydrogens is 197 g/mol. The molecule has 6 heteroatoms. The maximum absolute atomic E-state index is 12.1. The van der Waals surface area contributed by atoms with E-state index in [1.54, 1.807) is 6.92 Å². The zero-order valence-electron chi connectivity index (χ0n) is 8.69. The average Bonchev–Trinajstić information content (AvgIpc) is 2.01. The second-order valence-electron chi connectivity index (χ2n) is 3.61. The minimum Gasteiger partial charge on any atom is -0.383 e. The molecule has 0 aromatic heterocycles. The van der Waals surface area contributed by atoms with Crippen LogP contribution in [0.3, 0.4) is 0 Å². The summed E-state index contributed by atoms with van der Waals surface area (Å²) in [6, 6.07) is 0.